The van der Waals surface area contributed by atoms with Crippen LogP contribution < -0.4 is 0 Å². The minimum Gasteiger partial charge on any atom is -0.341 e. The van der Waals surface area contributed by atoms with Gasteiger partial charge in [-0.25, -0.2) is 4.39 Å². The van der Waals surface area contributed by atoms with Gasteiger partial charge in [0.2, 0.25) is 5.91 Å². The number of aryl methyl sites for hydroxylation is 1. The van der Waals surface area contributed by atoms with Gasteiger partial charge in [0.1, 0.15) is 12.1 Å². The minimum atomic E-state index is -0.414. The molecule has 0 saturated carbocycles. The summed E-state index contributed by atoms with van der Waals surface area (Å²) in [6.45, 7) is 0.129. The SMILES string of the molecule is CN(Cc1c(F)cccc1Cl)C(=O)CSc1nncn1C. The molecule has 0 saturated heterocycles. The number of amides is 1. The first-order chi connectivity index (χ1) is 9.99. The fourth-order valence-corrected chi connectivity index (χ4v) is 2.70. The van der Waals surface area contributed by atoms with Crippen molar-refractivity contribution in [1.82, 2.24) is 19.7 Å². The predicted octanol–water partition coefficient (Wildman–Crippen LogP) is 2.36. The standard InChI is InChI=1S/C13H14ClFN4OS/c1-18(6-9-10(14)4-3-5-11(9)15)12(20)7-21-13-17-16-8-19(13)2/h3-5,8H,6-7H2,1-2H3. The van der Waals surface area contributed by atoms with Crippen molar-refractivity contribution in [2.45, 2.75) is 11.7 Å². The second-order valence-electron chi connectivity index (χ2n) is 4.46. The largest absolute Gasteiger partial charge is 0.341 e. The van der Waals surface area contributed by atoms with Crippen molar-refractivity contribution < 1.29 is 9.18 Å². The molecule has 2 aromatic rings. The maximum Gasteiger partial charge on any atom is 0.233 e. The molecule has 0 aliphatic heterocycles. The van der Waals surface area contributed by atoms with Crippen molar-refractivity contribution in [2.24, 2.45) is 7.05 Å². The normalized spacial score (nSPS) is 10.7. The van der Waals surface area contributed by atoms with Crippen LogP contribution in [0.25, 0.3) is 0 Å². The van der Waals surface area contributed by atoms with Crippen LogP contribution in [-0.2, 0) is 18.4 Å². The summed E-state index contributed by atoms with van der Waals surface area (Å²) in [6, 6.07) is 4.47. The van der Waals surface area contributed by atoms with Gasteiger partial charge in [0.15, 0.2) is 5.16 Å². The van der Waals surface area contributed by atoms with E-state index >= 15 is 0 Å². The number of aromatic nitrogens is 3. The number of hydrogen-bond donors (Lipinski definition) is 0. The Kier molecular flexibility index (Phi) is 5.19. The van der Waals surface area contributed by atoms with Gasteiger partial charge in [-0.15, -0.1) is 10.2 Å². The highest BCUT2D eigenvalue weighted by Crippen LogP contribution is 2.21. The van der Waals surface area contributed by atoms with E-state index in [-0.39, 0.29) is 18.2 Å². The summed E-state index contributed by atoms with van der Waals surface area (Å²) in [5.74, 6) is -0.347. The summed E-state index contributed by atoms with van der Waals surface area (Å²) >= 11 is 7.23. The van der Waals surface area contributed by atoms with Gasteiger partial charge in [0, 0.05) is 31.2 Å². The Hall–Kier alpha value is -1.60. The number of benzene rings is 1. The Labute approximate surface area is 131 Å². The lowest BCUT2D eigenvalue weighted by molar-refractivity contribution is -0.127. The summed E-state index contributed by atoms with van der Waals surface area (Å²) in [6.07, 6.45) is 1.57. The summed E-state index contributed by atoms with van der Waals surface area (Å²) < 4.78 is 15.4. The highest BCUT2D eigenvalue weighted by molar-refractivity contribution is 7.99. The first-order valence-corrected chi connectivity index (χ1v) is 7.49. The van der Waals surface area contributed by atoms with Gasteiger partial charge < -0.3 is 9.47 Å². The quantitative estimate of drug-likeness (QED) is 0.791. The van der Waals surface area contributed by atoms with Gasteiger partial charge in [0.05, 0.1) is 5.75 Å². The lowest BCUT2D eigenvalue weighted by Gasteiger charge is -2.18. The van der Waals surface area contributed by atoms with Crippen LogP contribution in [-0.4, -0.2) is 38.4 Å². The number of carbonyl (C=O) groups excluding carboxylic acids is 1. The van der Waals surface area contributed by atoms with Crippen molar-refractivity contribution >= 4 is 29.3 Å². The first kappa shape index (κ1) is 15.8. The lowest BCUT2D eigenvalue weighted by Crippen LogP contribution is -2.28. The molecule has 0 radical (unpaired) electrons. The molecule has 112 valence electrons. The second-order valence-corrected chi connectivity index (χ2v) is 5.81. The van der Waals surface area contributed by atoms with Crippen LogP contribution in [0, 0.1) is 5.82 Å². The molecule has 0 unspecified atom stereocenters. The van der Waals surface area contributed by atoms with Gasteiger partial charge >= 0.3 is 0 Å². The van der Waals surface area contributed by atoms with Crippen LogP contribution >= 0.6 is 23.4 Å². The van der Waals surface area contributed by atoms with E-state index in [2.05, 4.69) is 10.2 Å². The third kappa shape index (κ3) is 3.95. The molecule has 1 amide bonds. The van der Waals surface area contributed by atoms with Crippen LogP contribution in [0.5, 0.6) is 0 Å². The molecule has 0 spiro atoms. The number of thioether (sulfide) groups is 1. The van der Waals surface area contributed by atoms with Crippen LogP contribution in [0.15, 0.2) is 29.7 Å². The average molecular weight is 329 g/mol. The highest BCUT2D eigenvalue weighted by Gasteiger charge is 2.15. The maximum absolute atomic E-state index is 13.7. The van der Waals surface area contributed by atoms with E-state index in [9.17, 15) is 9.18 Å². The van der Waals surface area contributed by atoms with E-state index in [4.69, 9.17) is 11.6 Å². The number of nitrogens with zero attached hydrogens (tertiary/aromatic N) is 4. The summed E-state index contributed by atoms with van der Waals surface area (Å²) in [5, 5.41) is 8.59. The molecule has 2 rings (SSSR count). The second kappa shape index (κ2) is 6.91. The monoisotopic (exact) mass is 328 g/mol. The third-order valence-corrected chi connectivity index (χ3v) is 4.25. The highest BCUT2D eigenvalue weighted by atomic mass is 35.5. The Morgan fingerprint density at radius 1 is 1.52 bits per heavy atom. The van der Waals surface area contributed by atoms with Crippen LogP contribution in [0.3, 0.4) is 0 Å². The molecule has 0 atom stereocenters. The van der Waals surface area contributed by atoms with Crippen molar-refractivity contribution in [3.8, 4) is 0 Å². The molecule has 0 N–H and O–H groups in total. The Morgan fingerprint density at radius 2 is 2.29 bits per heavy atom. The zero-order valence-corrected chi connectivity index (χ0v) is 13.2. The predicted molar refractivity (Wildman–Crippen MR) is 79.6 cm³/mol. The molecule has 0 aliphatic rings. The molecule has 21 heavy (non-hydrogen) atoms. The number of carbonyl (C=O) groups is 1. The zero-order valence-electron chi connectivity index (χ0n) is 11.6. The topological polar surface area (TPSA) is 51.0 Å². The maximum atomic E-state index is 13.7. The molecular weight excluding hydrogens is 315 g/mol. The molecule has 0 fully saturated rings. The summed E-state index contributed by atoms with van der Waals surface area (Å²) in [7, 11) is 3.41. The molecule has 5 nitrogen and oxygen atoms in total. The van der Waals surface area contributed by atoms with E-state index < -0.39 is 5.82 Å². The van der Waals surface area contributed by atoms with Gasteiger partial charge in [-0.1, -0.05) is 29.4 Å². The van der Waals surface area contributed by atoms with E-state index in [1.165, 1.54) is 28.8 Å². The molecule has 0 bridgehead atoms. The summed E-state index contributed by atoms with van der Waals surface area (Å²) in [4.78, 5) is 13.5. The Balaban J connectivity index is 1.95. The zero-order chi connectivity index (χ0) is 15.4. The lowest BCUT2D eigenvalue weighted by atomic mass is 10.2. The van der Waals surface area contributed by atoms with Gasteiger partial charge in [-0.2, -0.15) is 0 Å². The fourth-order valence-electron chi connectivity index (χ4n) is 1.65. The van der Waals surface area contributed by atoms with E-state index in [1.807, 2.05) is 0 Å². The van der Waals surface area contributed by atoms with E-state index in [1.54, 1.807) is 31.1 Å². The molecular formula is C13H14ClFN4OS. The van der Waals surface area contributed by atoms with Crippen molar-refractivity contribution in [3.63, 3.8) is 0 Å². The molecule has 1 aromatic carbocycles. The summed E-state index contributed by atoms with van der Waals surface area (Å²) in [5.41, 5.74) is 0.318. The molecule has 1 aromatic heterocycles. The van der Waals surface area contributed by atoms with E-state index in [0.29, 0.717) is 15.7 Å². The third-order valence-electron chi connectivity index (χ3n) is 2.88. The van der Waals surface area contributed by atoms with Crippen LogP contribution in [0.2, 0.25) is 5.02 Å². The number of rotatable bonds is 5. The van der Waals surface area contributed by atoms with Gasteiger partial charge in [-0.05, 0) is 12.1 Å². The Morgan fingerprint density at radius 3 is 2.90 bits per heavy atom. The number of hydrogen-bond acceptors (Lipinski definition) is 4. The van der Waals surface area contributed by atoms with Gasteiger partial charge in [-0.3, -0.25) is 4.79 Å². The van der Waals surface area contributed by atoms with Crippen molar-refractivity contribution in [3.05, 3.63) is 40.9 Å². The smallest absolute Gasteiger partial charge is 0.233 e. The molecule has 0 aliphatic carbocycles. The average Bonchev–Trinajstić information content (AvgIpc) is 2.85. The fraction of sp³-hybridized carbons (Fsp3) is 0.308. The van der Waals surface area contributed by atoms with E-state index in [0.717, 1.165) is 0 Å². The molecule has 8 heteroatoms. The van der Waals surface area contributed by atoms with Crippen molar-refractivity contribution in [2.75, 3.05) is 12.8 Å². The Bertz CT molecular complexity index is 629. The van der Waals surface area contributed by atoms with Crippen LogP contribution in [0.4, 0.5) is 4.39 Å². The minimum absolute atomic E-state index is 0.129. The van der Waals surface area contributed by atoms with Crippen molar-refractivity contribution in [1.29, 1.82) is 0 Å². The number of halogens is 2. The van der Waals surface area contributed by atoms with Gasteiger partial charge in [0.25, 0.3) is 0 Å². The molecule has 1 heterocycles. The van der Waals surface area contributed by atoms with Crippen LogP contribution in [0.1, 0.15) is 5.56 Å². The first-order valence-electron chi connectivity index (χ1n) is 6.12.